The molecule has 0 aromatic carbocycles. The SMILES string of the molecule is C=C(C)C(=O)O[C@H]1CCCC2C1C1CCCCC1[C@@H]2O. The minimum atomic E-state index is -0.260. The van der Waals surface area contributed by atoms with Crippen molar-refractivity contribution in [3.05, 3.63) is 12.2 Å². The molecule has 0 aromatic rings. The van der Waals surface area contributed by atoms with E-state index in [2.05, 4.69) is 6.58 Å². The molecule has 0 spiro atoms. The number of esters is 1. The largest absolute Gasteiger partial charge is 0.459 e. The molecule has 3 heteroatoms. The molecule has 6 atom stereocenters. The normalized spacial score (nSPS) is 43.5. The summed E-state index contributed by atoms with van der Waals surface area (Å²) in [5.74, 6) is 1.48. The van der Waals surface area contributed by atoms with Crippen LogP contribution in [0.2, 0.25) is 0 Å². The summed E-state index contributed by atoms with van der Waals surface area (Å²) >= 11 is 0. The highest BCUT2D eigenvalue weighted by molar-refractivity contribution is 5.87. The third-order valence-corrected chi connectivity index (χ3v) is 5.80. The molecular weight excluding hydrogens is 252 g/mol. The summed E-state index contributed by atoms with van der Waals surface area (Å²) < 4.78 is 5.71. The highest BCUT2D eigenvalue weighted by atomic mass is 16.5. The van der Waals surface area contributed by atoms with E-state index in [-0.39, 0.29) is 18.2 Å². The molecule has 0 saturated heterocycles. The third-order valence-electron chi connectivity index (χ3n) is 5.80. The van der Waals surface area contributed by atoms with Crippen molar-refractivity contribution in [2.24, 2.45) is 23.7 Å². The summed E-state index contributed by atoms with van der Waals surface area (Å²) in [6.07, 6.45) is 7.80. The molecule has 0 amide bonds. The van der Waals surface area contributed by atoms with E-state index in [1.165, 1.54) is 19.3 Å². The monoisotopic (exact) mass is 278 g/mol. The number of ether oxygens (including phenoxy) is 1. The Morgan fingerprint density at radius 3 is 2.40 bits per heavy atom. The van der Waals surface area contributed by atoms with E-state index in [1.54, 1.807) is 6.92 Å². The van der Waals surface area contributed by atoms with Crippen molar-refractivity contribution < 1.29 is 14.6 Å². The molecule has 3 nitrogen and oxygen atoms in total. The first-order valence-electron chi connectivity index (χ1n) is 8.14. The number of carbonyl (C=O) groups is 1. The smallest absolute Gasteiger partial charge is 0.333 e. The molecule has 3 rings (SSSR count). The number of carbonyl (C=O) groups excluding carboxylic acids is 1. The van der Waals surface area contributed by atoms with Crippen molar-refractivity contribution in [1.29, 1.82) is 0 Å². The Bertz CT molecular complexity index is 403. The van der Waals surface area contributed by atoms with E-state index in [1.807, 2.05) is 0 Å². The second kappa shape index (κ2) is 5.51. The van der Waals surface area contributed by atoms with Gasteiger partial charge in [-0.1, -0.05) is 19.4 Å². The van der Waals surface area contributed by atoms with Crippen molar-refractivity contribution >= 4 is 5.97 Å². The molecule has 0 aromatic heterocycles. The third kappa shape index (κ3) is 2.30. The predicted molar refractivity (Wildman–Crippen MR) is 77.0 cm³/mol. The molecule has 4 unspecified atom stereocenters. The van der Waals surface area contributed by atoms with Crippen molar-refractivity contribution in [3.8, 4) is 0 Å². The van der Waals surface area contributed by atoms with Gasteiger partial charge in [0.05, 0.1) is 6.10 Å². The van der Waals surface area contributed by atoms with Crippen LogP contribution in [0, 0.1) is 23.7 Å². The second-order valence-electron chi connectivity index (χ2n) is 7.00. The molecule has 3 fully saturated rings. The fourth-order valence-electron chi connectivity index (χ4n) is 4.99. The Labute approximate surface area is 121 Å². The summed E-state index contributed by atoms with van der Waals surface area (Å²) in [6.45, 7) is 5.38. The van der Waals surface area contributed by atoms with Gasteiger partial charge >= 0.3 is 5.97 Å². The van der Waals surface area contributed by atoms with Gasteiger partial charge in [-0.15, -0.1) is 0 Å². The molecular formula is C17H26O3. The Balaban J connectivity index is 1.79. The first-order chi connectivity index (χ1) is 9.59. The maximum atomic E-state index is 11.9. The van der Waals surface area contributed by atoms with Crippen molar-refractivity contribution in [3.63, 3.8) is 0 Å². The maximum Gasteiger partial charge on any atom is 0.333 e. The van der Waals surface area contributed by atoms with Gasteiger partial charge in [-0.25, -0.2) is 4.79 Å². The summed E-state index contributed by atoms with van der Waals surface area (Å²) in [6, 6.07) is 0. The molecule has 3 aliphatic carbocycles. The zero-order chi connectivity index (χ0) is 14.3. The molecule has 20 heavy (non-hydrogen) atoms. The van der Waals surface area contributed by atoms with E-state index in [0.29, 0.717) is 29.2 Å². The summed E-state index contributed by atoms with van der Waals surface area (Å²) in [4.78, 5) is 11.9. The van der Waals surface area contributed by atoms with E-state index in [9.17, 15) is 9.90 Å². The minimum absolute atomic E-state index is 0.000648. The van der Waals surface area contributed by atoms with Crippen LogP contribution in [0.1, 0.15) is 51.9 Å². The van der Waals surface area contributed by atoms with Gasteiger partial charge in [0, 0.05) is 11.5 Å². The summed E-state index contributed by atoms with van der Waals surface area (Å²) in [7, 11) is 0. The predicted octanol–water partition coefficient (Wildman–Crippen LogP) is 3.07. The molecule has 3 saturated carbocycles. The van der Waals surface area contributed by atoms with Crippen molar-refractivity contribution in [2.75, 3.05) is 0 Å². The maximum absolute atomic E-state index is 11.9. The Hall–Kier alpha value is -0.830. The van der Waals surface area contributed by atoms with Crippen LogP contribution in [0.4, 0.5) is 0 Å². The fraction of sp³-hybridized carbons (Fsp3) is 0.824. The minimum Gasteiger partial charge on any atom is -0.459 e. The Morgan fingerprint density at radius 1 is 1.05 bits per heavy atom. The van der Waals surface area contributed by atoms with Gasteiger partial charge in [-0.3, -0.25) is 0 Å². The first kappa shape index (κ1) is 14.1. The lowest BCUT2D eigenvalue weighted by Gasteiger charge is -2.38. The molecule has 0 bridgehead atoms. The fourth-order valence-corrected chi connectivity index (χ4v) is 4.99. The number of hydrogen-bond acceptors (Lipinski definition) is 3. The van der Waals surface area contributed by atoms with Crippen LogP contribution < -0.4 is 0 Å². The van der Waals surface area contributed by atoms with Crippen LogP contribution in [-0.2, 0) is 9.53 Å². The van der Waals surface area contributed by atoms with Crippen LogP contribution in [0.25, 0.3) is 0 Å². The average molecular weight is 278 g/mol. The van der Waals surface area contributed by atoms with E-state index >= 15 is 0 Å². The lowest BCUT2D eigenvalue weighted by molar-refractivity contribution is -0.151. The summed E-state index contributed by atoms with van der Waals surface area (Å²) in [5, 5.41) is 10.6. The Kier molecular flexibility index (Phi) is 3.89. The number of rotatable bonds is 2. The van der Waals surface area contributed by atoms with Gasteiger partial charge in [0.25, 0.3) is 0 Å². The number of aliphatic hydroxyl groups is 1. The molecule has 0 aliphatic heterocycles. The van der Waals surface area contributed by atoms with E-state index in [4.69, 9.17) is 4.74 Å². The van der Waals surface area contributed by atoms with Crippen LogP contribution in [-0.4, -0.2) is 23.3 Å². The van der Waals surface area contributed by atoms with E-state index < -0.39 is 0 Å². The molecule has 112 valence electrons. The summed E-state index contributed by atoms with van der Waals surface area (Å²) in [5.41, 5.74) is 0.478. The van der Waals surface area contributed by atoms with Gasteiger partial charge in [-0.2, -0.15) is 0 Å². The molecule has 3 aliphatic rings. The zero-order valence-electron chi connectivity index (χ0n) is 12.4. The topological polar surface area (TPSA) is 46.5 Å². The zero-order valence-corrected chi connectivity index (χ0v) is 12.4. The number of hydrogen-bond donors (Lipinski definition) is 1. The van der Waals surface area contributed by atoms with Crippen LogP contribution in [0.5, 0.6) is 0 Å². The molecule has 0 heterocycles. The molecule has 0 radical (unpaired) electrons. The van der Waals surface area contributed by atoms with Crippen LogP contribution >= 0.6 is 0 Å². The van der Waals surface area contributed by atoms with Gasteiger partial charge in [0.1, 0.15) is 6.10 Å². The van der Waals surface area contributed by atoms with Crippen LogP contribution in [0.15, 0.2) is 12.2 Å². The highest BCUT2D eigenvalue weighted by Crippen LogP contribution is 2.54. The van der Waals surface area contributed by atoms with Gasteiger partial charge in [0.2, 0.25) is 0 Å². The van der Waals surface area contributed by atoms with Gasteiger partial charge in [0.15, 0.2) is 0 Å². The van der Waals surface area contributed by atoms with Gasteiger partial charge < -0.3 is 9.84 Å². The van der Waals surface area contributed by atoms with E-state index in [0.717, 1.165) is 25.7 Å². The quantitative estimate of drug-likeness (QED) is 0.624. The highest BCUT2D eigenvalue weighted by Gasteiger charge is 2.54. The first-order valence-corrected chi connectivity index (χ1v) is 8.14. The lowest BCUT2D eigenvalue weighted by atomic mass is 9.72. The Morgan fingerprint density at radius 2 is 1.70 bits per heavy atom. The van der Waals surface area contributed by atoms with Crippen molar-refractivity contribution in [1.82, 2.24) is 0 Å². The second-order valence-corrected chi connectivity index (χ2v) is 7.00. The number of aliphatic hydroxyl groups excluding tert-OH is 1. The van der Waals surface area contributed by atoms with Crippen molar-refractivity contribution in [2.45, 2.75) is 64.1 Å². The van der Waals surface area contributed by atoms with Gasteiger partial charge in [-0.05, 0) is 56.8 Å². The lowest BCUT2D eigenvalue weighted by Crippen LogP contribution is -2.38. The average Bonchev–Trinajstić information content (AvgIpc) is 2.74. The standard InChI is InChI=1S/C17H26O3/c1-10(2)17(19)20-14-9-5-8-13-15(14)11-6-3-4-7-12(11)16(13)18/h11-16,18H,1,3-9H2,2H3/t11?,12?,13?,14-,15?,16-/m0/s1. The number of fused-ring (bicyclic) bond motifs is 3. The molecule has 1 N–H and O–H groups in total. The van der Waals surface area contributed by atoms with Crippen LogP contribution in [0.3, 0.4) is 0 Å².